The van der Waals surface area contributed by atoms with Crippen molar-refractivity contribution in [2.45, 2.75) is 53.9 Å². The lowest BCUT2D eigenvalue weighted by molar-refractivity contribution is 0.0939. The van der Waals surface area contributed by atoms with Gasteiger partial charge >= 0.3 is 0 Å². The maximum atomic E-state index is 11.3. The quantitative estimate of drug-likeness (QED) is 0.172. The molecule has 0 aliphatic heterocycles. The lowest BCUT2D eigenvalue weighted by atomic mass is 9.92. The maximum absolute atomic E-state index is 11.3. The van der Waals surface area contributed by atoms with E-state index in [9.17, 15) is 4.79 Å². The first kappa shape index (κ1) is 28.9. The number of carbonyl (C=O) groups is 1. The number of Topliss-reactive ketones (excluding diaryl/α,β-unsaturated/α-hetero) is 1. The second kappa shape index (κ2) is 14.3. The second-order valence-corrected chi connectivity index (χ2v) is 10.9. The van der Waals surface area contributed by atoms with Crippen LogP contribution in [0.25, 0.3) is 21.5 Å². The van der Waals surface area contributed by atoms with Crippen LogP contribution in [0.1, 0.15) is 68.9 Å². The van der Waals surface area contributed by atoms with Gasteiger partial charge in [0.05, 0.1) is 0 Å². The minimum atomic E-state index is 0.0948. The second-order valence-electron chi connectivity index (χ2n) is 10.9. The third-order valence-corrected chi connectivity index (χ3v) is 6.49. The Morgan fingerprint density at radius 2 is 1.08 bits per heavy atom. The van der Waals surface area contributed by atoms with Crippen molar-refractivity contribution in [1.82, 2.24) is 0 Å². The molecule has 5 aromatic carbocycles. The first-order chi connectivity index (χ1) is 18.3. The van der Waals surface area contributed by atoms with Gasteiger partial charge in [0.1, 0.15) is 0 Å². The number of ketones is 1. The number of carbonyl (C=O) groups excluding carboxylic acids is 1. The highest BCUT2D eigenvalue weighted by atomic mass is 16.1. The van der Waals surface area contributed by atoms with Crippen molar-refractivity contribution < 1.29 is 4.79 Å². The van der Waals surface area contributed by atoms with E-state index >= 15 is 0 Å². The highest BCUT2D eigenvalue weighted by Crippen LogP contribution is 2.32. The molecule has 0 fully saturated rings. The fourth-order valence-corrected chi connectivity index (χ4v) is 4.58. The summed E-state index contributed by atoms with van der Waals surface area (Å²) in [5.74, 6) is 1.63. The lowest BCUT2D eigenvalue weighted by Crippen LogP contribution is -2.06. The van der Waals surface area contributed by atoms with Crippen molar-refractivity contribution in [2.75, 3.05) is 0 Å². The monoisotopic (exact) mass is 502 g/mol. The number of benzene rings is 5. The van der Waals surface area contributed by atoms with Gasteiger partial charge in [-0.1, -0.05) is 157 Å². The summed E-state index contributed by atoms with van der Waals surface area (Å²) in [6.45, 7) is 12.8. The van der Waals surface area contributed by atoms with E-state index < -0.39 is 0 Å². The van der Waals surface area contributed by atoms with Gasteiger partial charge in [0.15, 0.2) is 5.78 Å². The molecular formula is C37H42O. The molecule has 38 heavy (non-hydrogen) atoms. The van der Waals surface area contributed by atoms with E-state index in [1.165, 1.54) is 39.1 Å². The molecule has 5 rings (SSSR count). The van der Waals surface area contributed by atoms with Gasteiger partial charge < -0.3 is 0 Å². The lowest BCUT2D eigenvalue weighted by Gasteiger charge is -2.13. The molecule has 0 atom stereocenters. The van der Waals surface area contributed by atoms with Gasteiger partial charge in [0.25, 0.3) is 0 Å². The SMILES string of the molecule is CC(C)C(=O)c1ccccc1.CC(C)Cc1ccccc1.CC(C)c1cc2ccccc2c2ccccc12. The van der Waals surface area contributed by atoms with Crippen LogP contribution in [0.5, 0.6) is 0 Å². The van der Waals surface area contributed by atoms with Gasteiger partial charge in [0.2, 0.25) is 0 Å². The largest absolute Gasteiger partial charge is 0.294 e. The summed E-state index contributed by atoms with van der Waals surface area (Å²) >= 11 is 0. The van der Waals surface area contributed by atoms with E-state index in [1.807, 2.05) is 44.2 Å². The molecule has 0 aromatic heterocycles. The average molecular weight is 503 g/mol. The predicted octanol–water partition coefficient (Wildman–Crippen LogP) is 10.5. The topological polar surface area (TPSA) is 17.1 Å². The molecule has 0 aliphatic carbocycles. The van der Waals surface area contributed by atoms with Crippen molar-refractivity contribution in [3.63, 3.8) is 0 Å². The number of fused-ring (bicyclic) bond motifs is 3. The summed E-state index contributed by atoms with van der Waals surface area (Å²) in [5.41, 5.74) is 3.69. The number of hydrogen-bond acceptors (Lipinski definition) is 1. The summed E-state index contributed by atoms with van der Waals surface area (Å²) in [4.78, 5) is 11.3. The van der Waals surface area contributed by atoms with E-state index in [2.05, 4.69) is 113 Å². The van der Waals surface area contributed by atoms with Crippen molar-refractivity contribution >= 4 is 27.3 Å². The zero-order valence-electron chi connectivity index (χ0n) is 23.8. The molecule has 5 aromatic rings. The van der Waals surface area contributed by atoms with Crippen LogP contribution in [0.2, 0.25) is 0 Å². The van der Waals surface area contributed by atoms with Gasteiger partial charge in [-0.2, -0.15) is 0 Å². The van der Waals surface area contributed by atoms with E-state index in [0.29, 0.717) is 5.92 Å². The third kappa shape index (κ3) is 8.15. The van der Waals surface area contributed by atoms with Crippen LogP contribution in [0.15, 0.2) is 115 Å². The number of rotatable bonds is 5. The molecule has 0 saturated heterocycles. The molecule has 0 bridgehead atoms. The van der Waals surface area contributed by atoms with Crippen LogP contribution in [0.4, 0.5) is 0 Å². The molecule has 0 aliphatic rings. The van der Waals surface area contributed by atoms with Gasteiger partial charge in [0, 0.05) is 11.5 Å². The fourth-order valence-electron chi connectivity index (χ4n) is 4.58. The minimum Gasteiger partial charge on any atom is -0.294 e. The van der Waals surface area contributed by atoms with Crippen molar-refractivity contribution in [3.05, 3.63) is 132 Å². The average Bonchev–Trinajstić information content (AvgIpc) is 2.93. The van der Waals surface area contributed by atoms with Crippen molar-refractivity contribution in [1.29, 1.82) is 0 Å². The van der Waals surface area contributed by atoms with Crippen LogP contribution >= 0.6 is 0 Å². The highest BCUT2D eigenvalue weighted by molar-refractivity contribution is 6.09. The summed E-state index contributed by atoms with van der Waals surface area (Å²) in [5, 5.41) is 5.46. The minimum absolute atomic E-state index is 0.0948. The molecule has 1 nitrogen and oxygen atoms in total. The molecule has 0 unspecified atom stereocenters. The smallest absolute Gasteiger partial charge is 0.165 e. The van der Waals surface area contributed by atoms with Gasteiger partial charge in [-0.05, 0) is 50.9 Å². The molecule has 0 radical (unpaired) electrons. The summed E-state index contributed by atoms with van der Waals surface area (Å²) in [6, 6.07) is 39.7. The first-order valence-electron chi connectivity index (χ1n) is 13.8. The molecule has 196 valence electrons. The van der Waals surface area contributed by atoms with Crippen LogP contribution in [0, 0.1) is 11.8 Å². The van der Waals surface area contributed by atoms with Gasteiger partial charge in [-0.3, -0.25) is 4.79 Å². The number of hydrogen-bond donors (Lipinski definition) is 0. The van der Waals surface area contributed by atoms with Gasteiger partial charge in [-0.25, -0.2) is 0 Å². The van der Waals surface area contributed by atoms with Crippen LogP contribution in [-0.4, -0.2) is 5.78 Å². The fraction of sp³-hybridized carbons (Fsp3) is 0.270. The predicted molar refractivity (Wildman–Crippen MR) is 166 cm³/mol. The standard InChI is InChI=1S/C17H16.C10H12O.C10H14/c1-12(2)17-11-13-7-3-4-8-14(13)15-9-5-6-10-16(15)17;1-8(2)10(11)9-6-4-3-5-7-9;1-9(2)8-10-6-4-3-5-7-10/h3-12H,1-2H3;3-8H,1-2H3;3-7,9H,8H2,1-2H3. The summed E-state index contributed by atoms with van der Waals surface area (Å²) in [6.07, 6.45) is 1.20. The van der Waals surface area contributed by atoms with E-state index in [0.717, 1.165) is 11.5 Å². The van der Waals surface area contributed by atoms with Crippen LogP contribution < -0.4 is 0 Å². The molecular weight excluding hydrogens is 460 g/mol. The van der Waals surface area contributed by atoms with E-state index in [1.54, 1.807) is 0 Å². The summed E-state index contributed by atoms with van der Waals surface area (Å²) in [7, 11) is 0. The molecule has 0 saturated carbocycles. The van der Waals surface area contributed by atoms with E-state index in [4.69, 9.17) is 0 Å². The van der Waals surface area contributed by atoms with Crippen LogP contribution in [0.3, 0.4) is 0 Å². The van der Waals surface area contributed by atoms with Crippen LogP contribution in [-0.2, 0) is 6.42 Å². The zero-order chi connectivity index (χ0) is 27.5. The molecule has 0 N–H and O–H groups in total. The molecule has 0 amide bonds. The Hall–Kier alpha value is -3.71. The third-order valence-electron chi connectivity index (χ3n) is 6.49. The Morgan fingerprint density at radius 3 is 1.63 bits per heavy atom. The van der Waals surface area contributed by atoms with E-state index in [-0.39, 0.29) is 11.7 Å². The molecule has 1 heteroatoms. The Balaban J connectivity index is 0.000000167. The Labute approximate surface area is 229 Å². The Morgan fingerprint density at radius 1 is 0.579 bits per heavy atom. The maximum Gasteiger partial charge on any atom is 0.165 e. The highest BCUT2D eigenvalue weighted by Gasteiger charge is 2.09. The van der Waals surface area contributed by atoms with Crippen molar-refractivity contribution in [3.8, 4) is 0 Å². The normalized spacial score (nSPS) is 10.8. The Bertz CT molecular complexity index is 1410. The molecule has 0 spiro atoms. The Kier molecular flexibility index (Phi) is 10.8. The van der Waals surface area contributed by atoms with Crippen molar-refractivity contribution in [2.24, 2.45) is 11.8 Å². The van der Waals surface area contributed by atoms with Gasteiger partial charge in [-0.15, -0.1) is 0 Å². The molecule has 0 heterocycles. The zero-order valence-corrected chi connectivity index (χ0v) is 23.8. The first-order valence-corrected chi connectivity index (χ1v) is 13.8. The summed E-state index contributed by atoms with van der Waals surface area (Å²) < 4.78 is 0.